The Morgan fingerprint density at radius 2 is 2.13 bits per heavy atom. The zero-order chi connectivity index (χ0) is 11.3. The van der Waals surface area contributed by atoms with Crippen molar-refractivity contribution in [2.75, 3.05) is 20.1 Å². The summed E-state index contributed by atoms with van der Waals surface area (Å²) in [4.78, 5) is 23.6. The number of carbonyl (C=O) groups excluding carboxylic acids is 2. The van der Waals surface area contributed by atoms with Crippen LogP contribution in [0.25, 0.3) is 0 Å². The van der Waals surface area contributed by atoms with Gasteiger partial charge in [-0.15, -0.1) is 0 Å². The van der Waals surface area contributed by atoms with Gasteiger partial charge in [0.2, 0.25) is 0 Å². The summed E-state index contributed by atoms with van der Waals surface area (Å²) in [5.74, 6) is -0.196. The summed E-state index contributed by atoms with van der Waals surface area (Å²) in [5.41, 5.74) is 0. The maximum absolute atomic E-state index is 11.4. The highest BCUT2D eigenvalue weighted by Crippen LogP contribution is 2.01. The van der Waals surface area contributed by atoms with E-state index in [4.69, 9.17) is 0 Å². The van der Waals surface area contributed by atoms with E-state index >= 15 is 0 Å². The molecule has 1 unspecified atom stereocenters. The molecule has 5 nitrogen and oxygen atoms in total. The molecule has 1 saturated heterocycles. The quantitative estimate of drug-likeness (QED) is 0.546. The number of hydrogen-bond donors (Lipinski definition) is 3. The second kappa shape index (κ2) is 5.70. The molecular weight excluding hydrogens is 194 g/mol. The Morgan fingerprint density at radius 1 is 1.40 bits per heavy atom. The molecule has 1 fully saturated rings. The van der Waals surface area contributed by atoms with E-state index in [9.17, 15) is 9.59 Å². The van der Waals surface area contributed by atoms with Gasteiger partial charge in [-0.1, -0.05) is 0 Å². The molecule has 2 atom stereocenters. The maximum atomic E-state index is 11.4. The lowest BCUT2D eigenvalue weighted by Gasteiger charge is -2.29. The van der Waals surface area contributed by atoms with Crippen LogP contribution in [-0.4, -0.2) is 38.1 Å². The first kappa shape index (κ1) is 12.0. The third-order valence-corrected chi connectivity index (χ3v) is 2.95. The SMILES string of the molecule is CNC(=O)NC(=O)C[NH+]1CCCC[C@@H]1C. The fraction of sp³-hybridized carbons (Fsp3) is 0.800. The fourth-order valence-corrected chi connectivity index (χ4v) is 1.96. The Hall–Kier alpha value is -1.10. The first-order valence-electron chi connectivity index (χ1n) is 5.49. The number of carbonyl (C=O) groups is 2. The number of urea groups is 1. The molecule has 0 radical (unpaired) electrons. The number of quaternary nitrogens is 1. The number of likely N-dealkylation sites (tertiary alicyclic amines) is 1. The molecule has 0 saturated carbocycles. The Bertz CT molecular complexity index is 243. The molecule has 1 heterocycles. The van der Waals surface area contributed by atoms with E-state index in [0.29, 0.717) is 12.6 Å². The molecule has 0 aromatic rings. The molecule has 0 spiro atoms. The van der Waals surface area contributed by atoms with E-state index in [1.807, 2.05) is 0 Å². The number of hydrogen-bond acceptors (Lipinski definition) is 2. The first-order chi connectivity index (χ1) is 7.13. The number of amides is 3. The predicted octanol–water partition coefficient (Wildman–Crippen LogP) is -1.10. The van der Waals surface area contributed by atoms with Gasteiger partial charge in [-0.2, -0.15) is 0 Å². The van der Waals surface area contributed by atoms with Crippen molar-refractivity contribution in [1.82, 2.24) is 10.6 Å². The molecule has 0 aromatic heterocycles. The molecule has 0 aromatic carbocycles. The van der Waals surface area contributed by atoms with Crippen molar-refractivity contribution in [3.63, 3.8) is 0 Å². The minimum Gasteiger partial charge on any atom is -0.341 e. The molecule has 86 valence electrons. The molecule has 3 N–H and O–H groups in total. The van der Waals surface area contributed by atoms with Crippen molar-refractivity contribution in [2.45, 2.75) is 32.2 Å². The summed E-state index contributed by atoms with van der Waals surface area (Å²) < 4.78 is 0. The predicted molar refractivity (Wildman–Crippen MR) is 56.6 cm³/mol. The summed E-state index contributed by atoms with van der Waals surface area (Å²) in [7, 11) is 1.50. The zero-order valence-electron chi connectivity index (χ0n) is 9.43. The van der Waals surface area contributed by atoms with Gasteiger partial charge < -0.3 is 10.2 Å². The van der Waals surface area contributed by atoms with Crippen LogP contribution in [0, 0.1) is 0 Å². The normalized spacial score (nSPS) is 25.7. The summed E-state index contributed by atoms with van der Waals surface area (Å²) in [5, 5.41) is 4.65. The summed E-state index contributed by atoms with van der Waals surface area (Å²) in [6.45, 7) is 3.58. The number of nitrogens with one attached hydrogen (secondary N) is 3. The van der Waals surface area contributed by atoms with E-state index in [0.717, 1.165) is 6.54 Å². The minimum atomic E-state index is -0.427. The average molecular weight is 214 g/mol. The van der Waals surface area contributed by atoms with Crippen molar-refractivity contribution in [3.05, 3.63) is 0 Å². The van der Waals surface area contributed by atoms with Gasteiger partial charge in [0.05, 0.1) is 12.6 Å². The molecule has 15 heavy (non-hydrogen) atoms. The van der Waals surface area contributed by atoms with E-state index in [1.54, 1.807) is 0 Å². The van der Waals surface area contributed by atoms with Gasteiger partial charge in [0.15, 0.2) is 6.54 Å². The van der Waals surface area contributed by atoms with Crippen molar-refractivity contribution in [3.8, 4) is 0 Å². The Labute approximate surface area is 90.2 Å². The molecule has 3 amide bonds. The summed E-state index contributed by atoms with van der Waals surface area (Å²) in [6, 6.07) is 0.0956. The highest BCUT2D eigenvalue weighted by atomic mass is 16.2. The van der Waals surface area contributed by atoms with Crippen molar-refractivity contribution in [1.29, 1.82) is 0 Å². The van der Waals surface area contributed by atoms with Crippen LogP contribution in [0.3, 0.4) is 0 Å². The Kier molecular flexibility index (Phi) is 4.55. The van der Waals surface area contributed by atoms with Crippen LogP contribution in [0.15, 0.2) is 0 Å². The van der Waals surface area contributed by atoms with E-state index in [1.165, 1.54) is 31.2 Å². The molecule has 0 bridgehead atoms. The molecule has 1 aliphatic rings. The number of rotatable bonds is 2. The van der Waals surface area contributed by atoms with Gasteiger partial charge in [-0.3, -0.25) is 10.1 Å². The Morgan fingerprint density at radius 3 is 2.73 bits per heavy atom. The highest BCUT2D eigenvalue weighted by Gasteiger charge is 2.24. The molecule has 1 rings (SSSR count). The average Bonchev–Trinajstić information content (AvgIpc) is 2.21. The Balaban J connectivity index is 2.33. The third-order valence-electron chi connectivity index (χ3n) is 2.95. The van der Waals surface area contributed by atoms with Crippen LogP contribution in [0.5, 0.6) is 0 Å². The summed E-state index contributed by atoms with van der Waals surface area (Å²) in [6.07, 6.45) is 3.59. The van der Waals surface area contributed by atoms with E-state index in [-0.39, 0.29) is 5.91 Å². The molecular formula is C10H20N3O2+. The number of imide groups is 1. The fourth-order valence-electron chi connectivity index (χ4n) is 1.96. The van der Waals surface area contributed by atoms with Gasteiger partial charge in [0, 0.05) is 7.05 Å². The van der Waals surface area contributed by atoms with Gasteiger partial charge >= 0.3 is 6.03 Å². The highest BCUT2D eigenvalue weighted by molar-refractivity contribution is 5.94. The lowest BCUT2D eigenvalue weighted by Crippen LogP contribution is -3.17. The second-order valence-electron chi connectivity index (χ2n) is 4.11. The maximum Gasteiger partial charge on any atom is 0.321 e. The standard InChI is InChI=1S/C10H19N3O2/c1-8-5-3-4-6-13(8)7-9(14)12-10(15)11-2/h8H,3-7H2,1-2H3,(H2,11,12,14,15)/p+1/t8-/m0/s1. The van der Waals surface area contributed by atoms with E-state index < -0.39 is 6.03 Å². The smallest absolute Gasteiger partial charge is 0.321 e. The second-order valence-corrected chi connectivity index (χ2v) is 4.11. The largest absolute Gasteiger partial charge is 0.341 e. The monoisotopic (exact) mass is 214 g/mol. The number of piperidine rings is 1. The lowest BCUT2D eigenvalue weighted by molar-refractivity contribution is -0.920. The molecule has 1 aliphatic heterocycles. The minimum absolute atomic E-state index is 0.196. The van der Waals surface area contributed by atoms with Gasteiger partial charge in [0.25, 0.3) is 5.91 Å². The van der Waals surface area contributed by atoms with Gasteiger partial charge in [-0.25, -0.2) is 4.79 Å². The van der Waals surface area contributed by atoms with Crippen molar-refractivity contribution >= 4 is 11.9 Å². The van der Waals surface area contributed by atoms with Gasteiger partial charge in [0.1, 0.15) is 0 Å². The zero-order valence-corrected chi connectivity index (χ0v) is 9.43. The lowest BCUT2D eigenvalue weighted by atomic mass is 10.0. The third kappa shape index (κ3) is 3.87. The van der Waals surface area contributed by atoms with Crippen LogP contribution in [0.1, 0.15) is 26.2 Å². The van der Waals surface area contributed by atoms with Crippen LogP contribution in [-0.2, 0) is 4.79 Å². The topological polar surface area (TPSA) is 62.6 Å². The van der Waals surface area contributed by atoms with Crippen LogP contribution in [0.2, 0.25) is 0 Å². The van der Waals surface area contributed by atoms with E-state index in [2.05, 4.69) is 17.6 Å². The van der Waals surface area contributed by atoms with Crippen LogP contribution in [0.4, 0.5) is 4.79 Å². The van der Waals surface area contributed by atoms with Gasteiger partial charge in [-0.05, 0) is 26.2 Å². The van der Waals surface area contributed by atoms with Crippen molar-refractivity contribution in [2.24, 2.45) is 0 Å². The van der Waals surface area contributed by atoms with Crippen molar-refractivity contribution < 1.29 is 14.5 Å². The molecule has 0 aliphatic carbocycles. The first-order valence-corrected chi connectivity index (χ1v) is 5.49. The molecule has 5 heteroatoms. The summed E-state index contributed by atoms with van der Waals surface area (Å²) >= 11 is 0. The van der Waals surface area contributed by atoms with Crippen LogP contribution >= 0.6 is 0 Å². The van der Waals surface area contributed by atoms with Crippen LogP contribution < -0.4 is 15.5 Å².